The van der Waals surface area contributed by atoms with Gasteiger partial charge in [-0.25, -0.2) is 9.97 Å². The van der Waals surface area contributed by atoms with Crippen LogP contribution in [0.1, 0.15) is 12.1 Å². The first-order chi connectivity index (χ1) is 10.3. The van der Waals surface area contributed by atoms with Crippen LogP contribution in [0.4, 0.5) is 19.0 Å². The fourth-order valence-electron chi connectivity index (χ4n) is 3.13. The molecule has 1 saturated heterocycles. The van der Waals surface area contributed by atoms with Gasteiger partial charge in [-0.1, -0.05) is 0 Å². The molecular formula is C13H13ClF3N3O2. The Balaban J connectivity index is 1.69. The minimum absolute atomic E-state index is 0.177. The molecule has 22 heavy (non-hydrogen) atoms. The summed E-state index contributed by atoms with van der Waals surface area (Å²) in [5, 5.41) is -0.420. The number of nitrogens with zero attached hydrogens (tertiary/aromatic N) is 3. The zero-order valence-electron chi connectivity index (χ0n) is 11.6. The maximum Gasteiger partial charge on any atom is 0.433 e. The highest BCUT2D eigenvalue weighted by atomic mass is 35.5. The Kier molecular flexibility index (Phi) is 3.66. The molecule has 0 aromatic carbocycles. The van der Waals surface area contributed by atoms with Crippen molar-refractivity contribution < 1.29 is 22.7 Å². The van der Waals surface area contributed by atoms with Crippen LogP contribution in [0.25, 0.3) is 0 Å². The molecule has 2 atom stereocenters. The highest BCUT2D eigenvalue weighted by Gasteiger charge is 2.56. The van der Waals surface area contributed by atoms with Gasteiger partial charge in [0.2, 0.25) is 5.28 Å². The molecule has 2 aliphatic rings. The van der Waals surface area contributed by atoms with Gasteiger partial charge in [0.05, 0.1) is 7.11 Å². The number of halogens is 4. The molecular weight excluding hydrogens is 323 g/mol. The second-order valence-corrected chi connectivity index (χ2v) is 5.89. The van der Waals surface area contributed by atoms with E-state index < -0.39 is 17.2 Å². The van der Waals surface area contributed by atoms with Gasteiger partial charge in [0.1, 0.15) is 5.82 Å². The summed E-state index contributed by atoms with van der Waals surface area (Å²) in [6.07, 6.45) is -4.20. The number of aromatic nitrogens is 2. The van der Waals surface area contributed by atoms with Gasteiger partial charge in [-0.2, -0.15) is 13.2 Å². The number of piperidine rings is 1. The molecule has 5 nitrogen and oxygen atoms in total. The number of rotatable bonds is 3. The molecule has 1 saturated carbocycles. The van der Waals surface area contributed by atoms with Gasteiger partial charge in [-0.15, -0.1) is 0 Å². The summed E-state index contributed by atoms with van der Waals surface area (Å²) in [6, 6.07) is 0.909. The SMILES string of the molecule is COC(=O)CC1C2CN(c3cc(C(F)(F)F)nc(Cl)n3)CC12. The molecule has 120 valence electrons. The van der Waals surface area contributed by atoms with E-state index in [-0.39, 0.29) is 17.7 Å². The van der Waals surface area contributed by atoms with Crippen LogP contribution in [-0.2, 0) is 15.7 Å². The van der Waals surface area contributed by atoms with Crippen LogP contribution < -0.4 is 4.90 Å². The zero-order valence-corrected chi connectivity index (χ0v) is 12.4. The van der Waals surface area contributed by atoms with Gasteiger partial charge in [-0.05, 0) is 29.4 Å². The van der Waals surface area contributed by atoms with Crippen molar-refractivity contribution in [2.45, 2.75) is 12.6 Å². The van der Waals surface area contributed by atoms with Gasteiger partial charge < -0.3 is 9.64 Å². The van der Waals surface area contributed by atoms with Crippen molar-refractivity contribution in [2.75, 3.05) is 25.1 Å². The highest BCUT2D eigenvalue weighted by molar-refractivity contribution is 6.28. The molecule has 2 unspecified atom stereocenters. The van der Waals surface area contributed by atoms with Gasteiger partial charge in [-0.3, -0.25) is 4.79 Å². The molecule has 0 amide bonds. The quantitative estimate of drug-likeness (QED) is 0.627. The molecule has 1 aromatic rings. The minimum atomic E-state index is -4.56. The van der Waals surface area contributed by atoms with Crippen LogP contribution in [0.5, 0.6) is 0 Å². The average Bonchev–Trinajstić information content (AvgIpc) is 2.89. The number of anilines is 1. The van der Waals surface area contributed by atoms with Gasteiger partial charge in [0.25, 0.3) is 0 Å². The first-order valence-electron chi connectivity index (χ1n) is 6.73. The summed E-state index contributed by atoms with van der Waals surface area (Å²) in [5.74, 6) is 0.763. The van der Waals surface area contributed by atoms with Crippen LogP contribution in [0.3, 0.4) is 0 Å². The lowest BCUT2D eigenvalue weighted by Gasteiger charge is -2.21. The van der Waals surface area contributed by atoms with Crippen LogP contribution >= 0.6 is 11.6 Å². The average molecular weight is 336 g/mol. The van der Waals surface area contributed by atoms with E-state index in [4.69, 9.17) is 11.6 Å². The van der Waals surface area contributed by atoms with Crippen molar-refractivity contribution in [1.82, 2.24) is 9.97 Å². The summed E-state index contributed by atoms with van der Waals surface area (Å²) < 4.78 is 42.9. The lowest BCUT2D eigenvalue weighted by Crippen LogP contribution is -2.26. The van der Waals surface area contributed by atoms with Crippen LogP contribution in [0.15, 0.2) is 6.07 Å². The van der Waals surface area contributed by atoms with Crippen molar-refractivity contribution >= 4 is 23.4 Å². The second-order valence-electron chi connectivity index (χ2n) is 5.55. The van der Waals surface area contributed by atoms with E-state index in [1.54, 1.807) is 4.90 Å². The van der Waals surface area contributed by atoms with E-state index in [0.717, 1.165) is 6.07 Å². The van der Waals surface area contributed by atoms with Crippen LogP contribution in [0.2, 0.25) is 5.28 Å². The monoisotopic (exact) mass is 335 g/mol. The standard InChI is InChI=1S/C13H13ClF3N3O2/c1-22-11(21)2-6-7-4-20(5-8(6)7)10-3-9(13(15,16)17)18-12(14)19-10/h3,6-8H,2,4-5H2,1H3. The van der Waals surface area contributed by atoms with Gasteiger partial charge in [0.15, 0.2) is 5.69 Å². The zero-order chi connectivity index (χ0) is 16.1. The molecule has 2 heterocycles. The number of methoxy groups -OCH3 is 1. The lowest BCUT2D eigenvalue weighted by molar-refractivity contribution is -0.142. The number of alkyl halides is 3. The van der Waals surface area contributed by atoms with Crippen molar-refractivity contribution in [3.63, 3.8) is 0 Å². The fraction of sp³-hybridized carbons (Fsp3) is 0.615. The molecule has 1 aromatic heterocycles. The summed E-state index contributed by atoms with van der Waals surface area (Å²) in [6.45, 7) is 1.13. The second kappa shape index (κ2) is 5.26. The maximum atomic E-state index is 12.7. The third-order valence-corrected chi connectivity index (χ3v) is 4.47. The smallest absolute Gasteiger partial charge is 0.433 e. The van der Waals surface area contributed by atoms with E-state index in [2.05, 4.69) is 14.7 Å². The number of hydrogen-bond donors (Lipinski definition) is 0. The van der Waals surface area contributed by atoms with E-state index in [1.807, 2.05) is 0 Å². The molecule has 0 spiro atoms. The Bertz CT molecular complexity index is 599. The summed E-state index contributed by atoms with van der Waals surface area (Å²) in [7, 11) is 1.34. The van der Waals surface area contributed by atoms with Crippen LogP contribution in [0, 0.1) is 17.8 Å². The van der Waals surface area contributed by atoms with Crippen molar-refractivity contribution in [3.05, 3.63) is 17.0 Å². The largest absolute Gasteiger partial charge is 0.469 e. The number of carbonyl (C=O) groups excluding carboxylic acids is 1. The van der Waals surface area contributed by atoms with E-state index in [0.29, 0.717) is 31.3 Å². The molecule has 1 aliphatic carbocycles. The van der Waals surface area contributed by atoms with Gasteiger partial charge >= 0.3 is 12.1 Å². The molecule has 2 fully saturated rings. The number of fused-ring (bicyclic) bond motifs is 1. The Morgan fingerprint density at radius 1 is 1.41 bits per heavy atom. The van der Waals surface area contributed by atoms with Crippen molar-refractivity contribution in [2.24, 2.45) is 17.8 Å². The Morgan fingerprint density at radius 3 is 2.59 bits per heavy atom. The molecule has 3 rings (SSSR count). The number of hydrogen-bond acceptors (Lipinski definition) is 5. The molecule has 9 heteroatoms. The van der Waals surface area contributed by atoms with Crippen molar-refractivity contribution in [3.8, 4) is 0 Å². The van der Waals surface area contributed by atoms with Gasteiger partial charge in [0, 0.05) is 25.6 Å². The summed E-state index contributed by atoms with van der Waals surface area (Å²) in [4.78, 5) is 20.1. The van der Waals surface area contributed by atoms with E-state index in [9.17, 15) is 18.0 Å². The lowest BCUT2D eigenvalue weighted by atomic mass is 10.2. The fourth-order valence-corrected chi connectivity index (χ4v) is 3.31. The first-order valence-corrected chi connectivity index (χ1v) is 7.11. The Morgan fingerprint density at radius 2 is 2.05 bits per heavy atom. The summed E-state index contributed by atoms with van der Waals surface area (Å²) in [5.41, 5.74) is -1.05. The number of ether oxygens (including phenoxy) is 1. The third kappa shape index (κ3) is 2.84. The normalized spacial score (nSPS) is 26.8. The van der Waals surface area contributed by atoms with E-state index >= 15 is 0 Å². The topological polar surface area (TPSA) is 55.3 Å². The Hall–Kier alpha value is -1.57. The molecule has 0 N–H and O–H groups in total. The Labute approximate surface area is 129 Å². The highest BCUT2D eigenvalue weighted by Crippen LogP contribution is 2.54. The molecule has 1 aliphatic heterocycles. The number of carbonyl (C=O) groups is 1. The molecule has 0 bridgehead atoms. The van der Waals surface area contributed by atoms with Crippen molar-refractivity contribution in [1.29, 1.82) is 0 Å². The van der Waals surface area contributed by atoms with E-state index in [1.165, 1.54) is 7.11 Å². The first kappa shape index (κ1) is 15.3. The predicted octanol–water partition coefficient (Wildman–Crippen LogP) is 2.39. The van der Waals surface area contributed by atoms with Crippen LogP contribution in [-0.4, -0.2) is 36.1 Å². The minimum Gasteiger partial charge on any atom is -0.469 e. The molecule has 0 radical (unpaired) electrons. The third-order valence-electron chi connectivity index (χ3n) is 4.30. The maximum absolute atomic E-state index is 12.7. The summed E-state index contributed by atoms with van der Waals surface area (Å²) >= 11 is 5.59. The number of esters is 1. The predicted molar refractivity (Wildman–Crippen MR) is 71.4 cm³/mol.